The Morgan fingerprint density at radius 3 is 2.52 bits per heavy atom. The number of aromatic amines is 1. The summed E-state index contributed by atoms with van der Waals surface area (Å²) < 4.78 is 2.28. The lowest BCUT2D eigenvalue weighted by atomic mass is 10.1. The number of hydrogen-bond acceptors (Lipinski definition) is 3. The zero-order chi connectivity index (χ0) is 18.4. The summed E-state index contributed by atoms with van der Waals surface area (Å²) in [5.74, 6) is 0.582. The molecule has 5 rings (SSSR count). The number of aromatic nitrogens is 5. The van der Waals surface area contributed by atoms with E-state index in [2.05, 4.69) is 49.5 Å². The van der Waals surface area contributed by atoms with Crippen LogP contribution in [0.5, 0.6) is 0 Å². The predicted octanol–water partition coefficient (Wildman–Crippen LogP) is 5.33. The summed E-state index contributed by atoms with van der Waals surface area (Å²) in [6.45, 7) is 0.697. The Labute approximate surface area is 164 Å². The number of benzene rings is 3. The van der Waals surface area contributed by atoms with Gasteiger partial charge in [-0.15, -0.1) is 10.2 Å². The SMILES string of the molecule is Clc1ccc(Cn2c3ccccc3c3cc(-c4nn[nH]n4)ccc32)cc1Cl. The molecular formula is C20H13Cl2N5. The van der Waals surface area contributed by atoms with Gasteiger partial charge < -0.3 is 4.57 Å². The third-order valence-electron chi connectivity index (χ3n) is 4.70. The molecule has 0 aliphatic heterocycles. The van der Waals surface area contributed by atoms with E-state index in [1.54, 1.807) is 0 Å². The van der Waals surface area contributed by atoms with Gasteiger partial charge in [-0.25, -0.2) is 0 Å². The van der Waals surface area contributed by atoms with E-state index in [9.17, 15) is 0 Å². The number of para-hydroxylation sites is 1. The molecule has 3 aromatic carbocycles. The summed E-state index contributed by atoms with van der Waals surface area (Å²) in [5, 5.41) is 17.8. The third-order valence-corrected chi connectivity index (χ3v) is 5.44. The number of hydrogen-bond donors (Lipinski definition) is 1. The van der Waals surface area contributed by atoms with Gasteiger partial charge in [0, 0.05) is 33.9 Å². The van der Waals surface area contributed by atoms with Crippen LogP contribution in [-0.2, 0) is 6.54 Å². The molecule has 27 heavy (non-hydrogen) atoms. The molecule has 0 aliphatic rings. The molecule has 2 aromatic heterocycles. The molecule has 0 unspecified atom stereocenters. The van der Waals surface area contributed by atoms with E-state index < -0.39 is 0 Å². The normalized spacial score (nSPS) is 11.5. The van der Waals surface area contributed by atoms with Crippen molar-refractivity contribution in [3.8, 4) is 11.4 Å². The van der Waals surface area contributed by atoms with Gasteiger partial charge in [-0.2, -0.15) is 5.21 Å². The van der Waals surface area contributed by atoms with Crippen LogP contribution in [-0.4, -0.2) is 25.2 Å². The van der Waals surface area contributed by atoms with Crippen LogP contribution >= 0.6 is 23.2 Å². The van der Waals surface area contributed by atoms with Gasteiger partial charge in [-0.3, -0.25) is 0 Å². The predicted molar refractivity (Wildman–Crippen MR) is 108 cm³/mol. The fraction of sp³-hybridized carbons (Fsp3) is 0.0500. The van der Waals surface area contributed by atoms with Crippen molar-refractivity contribution < 1.29 is 0 Å². The lowest BCUT2D eigenvalue weighted by Gasteiger charge is -2.09. The Hall–Kier alpha value is -2.89. The molecule has 5 aromatic rings. The van der Waals surface area contributed by atoms with Crippen LogP contribution in [0.3, 0.4) is 0 Å². The number of fused-ring (bicyclic) bond motifs is 3. The van der Waals surface area contributed by atoms with E-state index in [0.717, 1.165) is 27.5 Å². The highest BCUT2D eigenvalue weighted by atomic mass is 35.5. The Morgan fingerprint density at radius 1 is 0.852 bits per heavy atom. The molecule has 0 bridgehead atoms. The number of H-pyrrole nitrogens is 1. The molecule has 1 N–H and O–H groups in total. The largest absolute Gasteiger partial charge is 0.336 e. The van der Waals surface area contributed by atoms with Gasteiger partial charge in [0.05, 0.1) is 10.0 Å². The average molecular weight is 394 g/mol. The maximum Gasteiger partial charge on any atom is 0.204 e. The number of tetrazole rings is 1. The Morgan fingerprint density at radius 2 is 1.70 bits per heavy atom. The molecule has 0 radical (unpaired) electrons. The summed E-state index contributed by atoms with van der Waals surface area (Å²) in [4.78, 5) is 0. The van der Waals surface area contributed by atoms with Gasteiger partial charge in [-0.05, 0) is 47.2 Å². The van der Waals surface area contributed by atoms with Crippen LogP contribution in [0.1, 0.15) is 5.56 Å². The highest BCUT2D eigenvalue weighted by molar-refractivity contribution is 6.42. The molecule has 0 atom stereocenters. The molecule has 0 amide bonds. The monoisotopic (exact) mass is 393 g/mol. The van der Waals surface area contributed by atoms with E-state index in [0.29, 0.717) is 22.4 Å². The number of nitrogens with zero attached hydrogens (tertiary/aromatic N) is 4. The van der Waals surface area contributed by atoms with Crippen molar-refractivity contribution in [2.75, 3.05) is 0 Å². The first-order chi connectivity index (χ1) is 13.2. The number of halogens is 2. The first kappa shape index (κ1) is 16.3. The summed E-state index contributed by atoms with van der Waals surface area (Å²) in [7, 11) is 0. The van der Waals surface area contributed by atoms with Gasteiger partial charge in [0.15, 0.2) is 0 Å². The van der Waals surface area contributed by atoms with Gasteiger partial charge >= 0.3 is 0 Å². The number of rotatable bonds is 3. The third kappa shape index (κ3) is 2.76. The highest BCUT2D eigenvalue weighted by Gasteiger charge is 2.13. The quantitative estimate of drug-likeness (QED) is 0.450. The van der Waals surface area contributed by atoms with Crippen LogP contribution in [0.4, 0.5) is 0 Å². The fourth-order valence-electron chi connectivity index (χ4n) is 3.47. The average Bonchev–Trinajstić information content (AvgIpc) is 3.32. The number of nitrogens with one attached hydrogen (secondary N) is 1. The lowest BCUT2D eigenvalue weighted by molar-refractivity contribution is 0.869. The van der Waals surface area contributed by atoms with Gasteiger partial charge in [-0.1, -0.05) is 47.5 Å². The van der Waals surface area contributed by atoms with Crippen LogP contribution < -0.4 is 0 Å². The van der Waals surface area contributed by atoms with Crippen molar-refractivity contribution in [3.63, 3.8) is 0 Å². The van der Waals surface area contributed by atoms with Crippen molar-refractivity contribution in [1.82, 2.24) is 25.2 Å². The smallest absolute Gasteiger partial charge is 0.204 e. The standard InChI is InChI=1S/C20H13Cl2N5/c21-16-7-5-12(9-17(16)22)11-27-18-4-2-1-3-14(18)15-10-13(6-8-19(15)27)20-23-25-26-24-20/h1-10H,11H2,(H,23,24,25,26). The van der Waals surface area contributed by atoms with E-state index in [-0.39, 0.29) is 0 Å². The maximum atomic E-state index is 6.20. The molecular weight excluding hydrogens is 381 g/mol. The van der Waals surface area contributed by atoms with Crippen molar-refractivity contribution in [1.29, 1.82) is 0 Å². The summed E-state index contributed by atoms with van der Waals surface area (Å²) >= 11 is 12.3. The lowest BCUT2D eigenvalue weighted by Crippen LogP contribution is -1.99. The van der Waals surface area contributed by atoms with E-state index >= 15 is 0 Å². The second-order valence-corrected chi connectivity index (χ2v) is 7.13. The van der Waals surface area contributed by atoms with Crippen molar-refractivity contribution in [2.45, 2.75) is 6.54 Å². The van der Waals surface area contributed by atoms with Crippen molar-refractivity contribution in [2.24, 2.45) is 0 Å². The van der Waals surface area contributed by atoms with Gasteiger partial charge in [0.1, 0.15) is 0 Å². The Kier molecular flexibility index (Phi) is 3.85. The molecule has 132 valence electrons. The highest BCUT2D eigenvalue weighted by Crippen LogP contribution is 2.33. The summed E-state index contributed by atoms with van der Waals surface area (Å²) in [6, 6.07) is 20.3. The molecule has 0 aliphatic carbocycles. The molecule has 0 saturated carbocycles. The zero-order valence-corrected chi connectivity index (χ0v) is 15.5. The fourth-order valence-corrected chi connectivity index (χ4v) is 3.79. The topological polar surface area (TPSA) is 59.4 Å². The van der Waals surface area contributed by atoms with Crippen LogP contribution in [0.25, 0.3) is 33.2 Å². The van der Waals surface area contributed by atoms with Crippen molar-refractivity contribution in [3.05, 3.63) is 76.3 Å². The van der Waals surface area contributed by atoms with Crippen molar-refractivity contribution >= 4 is 45.0 Å². The minimum Gasteiger partial charge on any atom is -0.336 e. The second kappa shape index (κ2) is 6.37. The first-order valence-electron chi connectivity index (χ1n) is 8.39. The minimum absolute atomic E-state index is 0.562. The van der Waals surface area contributed by atoms with Gasteiger partial charge in [0.25, 0.3) is 0 Å². The maximum absolute atomic E-state index is 6.20. The Bertz CT molecular complexity index is 1270. The second-order valence-electron chi connectivity index (χ2n) is 6.32. The molecule has 0 fully saturated rings. The zero-order valence-electron chi connectivity index (χ0n) is 14.0. The van der Waals surface area contributed by atoms with Crippen LogP contribution in [0.2, 0.25) is 10.0 Å². The first-order valence-corrected chi connectivity index (χ1v) is 9.15. The Balaban J connectivity index is 1.71. The van der Waals surface area contributed by atoms with E-state index in [1.165, 1.54) is 5.39 Å². The molecule has 0 saturated heterocycles. The van der Waals surface area contributed by atoms with Gasteiger partial charge in [0.2, 0.25) is 5.82 Å². The molecule has 7 heteroatoms. The molecule has 2 heterocycles. The van der Waals surface area contributed by atoms with E-state index in [4.69, 9.17) is 23.2 Å². The van der Waals surface area contributed by atoms with Crippen LogP contribution in [0.15, 0.2) is 60.7 Å². The van der Waals surface area contributed by atoms with Crippen LogP contribution in [0, 0.1) is 0 Å². The molecule has 0 spiro atoms. The minimum atomic E-state index is 0.562. The summed E-state index contributed by atoms with van der Waals surface area (Å²) in [6.07, 6.45) is 0. The van der Waals surface area contributed by atoms with E-state index in [1.807, 2.05) is 36.4 Å². The molecule has 5 nitrogen and oxygen atoms in total. The summed E-state index contributed by atoms with van der Waals surface area (Å²) in [5.41, 5.74) is 4.31.